The van der Waals surface area contributed by atoms with Gasteiger partial charge in [-0.3, -0.25) is 0 Å². The Labute approximate surface area is 107 Å². The van der Waals surface area contributed by atoms with Crippen LogP contribution >= 0.6 is 0 Å². The van der Waals surface area contributed by atoms with Crippen LogP contribution < -0.4 is 10.5 Å². The fraction of sp³-hybridized carbons (Fsp3) is 0.357. The summed E-state index contributed by atoms with van der Waals surface area (Å²) in [5.41, 5.74) is 7.73. The van der Waals surface area contributed by atoms with Crippen LogP contribution in [0.4, 0.5) is 0 Å². The fourth-order valence-corrected chi connectivity index (χ4v) is 1.74. The Morgan fingerprint density at radius 1 is 1.33 bits per heavy atom. The van der Waals surface area contributed by atoms with Crippen LogP contribution in [-0.4, -0.2) is 23.1 Å². The molecule has 0 radical (unpaired) electrons. The number of H-pyrrole nitrogens is 1. The van der Waals surface area contributed by atoms with Gasteiger partial charge in [0.15, 0.2) is 0 Å². The molecular weight excluding hydrogens is 226 g/mol. The van der Waals surface area contributed by atoms with Gasteiger partial charge in [-0.05, 0) is 36.8 Å². The zero-order chi connectivity index (χ0) is 13.0. The van der Waals surface area contributed by atoms with E-state index in [0.717, 1.165) is 22.8 Å². The van der Waals surface area contributed by atoms with Gasteiger partial charge in [0.2, 0.25) is 0 Å². The predicted octanol–water partition coefficient (Wildman–Crippen LogP) is 2.54. The number of benzene rings is 1. The van der Waals surface area contributed by atoms with Gasteiger partial charge in [-0.25, -0.2) is 4.98 Å². The second-order valence-corrected chi connectivity index (χ2v) is 4.28. The van der Waals surface area contributed by atoms with Crippen molar-refractivity contribution in [3.05, 3.63) is 36.3 Å². The van der Waals surface area contributed by atoms with E-state index in [1.54, 1.807) is 0 Å². The first-order chi connectivity index (χ1) is 8.74. The molecule has 0 fully saturated rings. The maximum absolute atomic E-state index is 5.63. The molecule has 0 amide bonds. The lowest BCUT2D eigenvalue weighted by Crippen LogP contribution is -2.10. The summed E-state index contributed by atoms with van der Waals surface area (Å²) in [6.07, 6.45) is 1.84. The number of nitrogens with zero attached hydrogens (tertiary/aromatic N) is 1. The molecular formula is C14H19N3O. The van der Waals surface area contributed by atoms with E-state index in [4.69, 9.17) is 10.5 Å². The molecule has 96 valence electrons. The monoisotopic (exact) mass is 245 g/mol. The molecule has 2 aromatic rings. The van der Waals surface area contributed by atoms with Crippen molar-refractivity contribution in [1.82, 2.24) is 9.97 Å². The van der Waals surface area contributed by atoms with Gasteiger partial charge in [0, 0.05) is 12.5 Å². The average molecular weight is 245 g/mol. The van der Waals surface area contributed by atoms with Crippen LogP contribution in [0.2, 0.25) is 0 Å². The van der Waals surface area contributed by atoms with Gasteiger partial charge in [0.25, 0.3) is 0 Å². The summed E-state index contributed by atoms with van der Waals surface area (Å²) in [6.45, 7) is 5.31. The van der Waals surface area contributed by atoms with Crippen LogP contribution in [0.1, 0.15) is 25.6 Å². The van der Waals surface area contributed by atoms with E-state index in [1.807, 2.05) is 37.4 Å². The van der Waals surface area contributed by atoms with Gasteiger partial charge in [-0.2, -0.15) is 0 Å². The molecule has 1 aromatic heterocycles. The van der Waals surface area contributed by atoms with Crippen LogP contribution in [0.5, 0.6) is 5.75 Å². The maximum Gasteiger partial charge on any atom is 0.119 e. The first-order valence-corrected chi connectivity index (χ1v) is 6.22. The molecule has 1 heterocycles. The molecule has 0 aliphatic carbocycles. The Balaban J connectivity index is 2.18. The van der Waals surface area contributed by atoms with Crippen LogP contribution in [0.3, 0.4) is 0 Å². The Morgan fingerprint density at radius 2 is 2.06 bits per heavy atom. The van der Waals surface area contributed by atoms with E-state index in [2.05, 4.69) is 16.9 Å². The largest absolute Gasteiger partial charge is 0.494 e. The number of aromatic nitrogens is 2. The summed E-state index contributed by atoms with van der Waals surface area (Å²) in [6, 6.07) is 7.97. The lowest BCUT2D eigenvalue weighted by molar-refractivity contribution is 0.340. The van der Waals surface area contributed by atoms with Crippen molar-refractivity contribution in [3.8, 4) is 17.0 Å². The predicted molar refractivity (Wildman–Crippen MR) is 72.7 cm³/mol. The molecule has 4 heteroatoms. The van der Waals surface area contributed by atoms with E-state index in [-0.39, 0.29) is 5.92 Å². The Bertz CT molecular complexity index is 490. The van der Waals surface area contributed by atoms with Gasteiger partial charge in [0.05, 0.1) is 18.5 Å². The number of hydrogen-bond acceptors (Lipinski definition) is 3. The van der Waals surface area contributed by atoms with Crippen molar-refractivity contribution in [1.29, 1.82) is 0 Å². The molecule has 0 saturated heterocycles. The standard InChI is InChI=1S/C14H19N3O/c1-3-18-12-6-4-11(5-7-12)13-9-16-14(17-13)10(2)8-15/h4-7,9-10H,3,8,15H2,1-2H3,(H,16,17). The van der Waals surface area contributed by atoms with Crippen molar-refractivity contribution < 1.29 is 4.74 Å². The van der Waals surface area contributed by atoms with Gasteiger partial charge in [-0.1, -0.05) is 6.92 Å². The lowest BCUT2D eigenvalue weighted by atomic mass is 10.1. The number of aromatic amines is 1. The van der Waals surface area contributed by atoms with Crippen molar-refractivity contribution >= 4 is 0 Å². The number of imidazole rings is 1. The molecule has 0 saturated carbocycles. The zero-order valence-electron chi connectivity index (χ0n) is 10.8. The molecule has 0 spiro atoms. The smallest absolute Gasteiger partial charge is 0.119 e. The molecule has 3 N–H and O–H groups in total. The van der Waals surface area contributed by atoms with Crippen molar-refractivity contribution in [2.75, 3.05) is 13.2 Å². The van der Waals surface area contributed by atoms with E-state index in [0.29, 0.717) is 13.2 Å². The summed E-state index contributed by atoms with van der Waals surface area (Å²) in [4.78, 5) is 7.65. The number of rotatable bonds is 5. The topological polar surface area (TPSA) is 63.9 Å². The zero-order valence-corrected chi connectivity index (χ0v) is 10.8. The van der Waals surface area contributed by atoms with Crippen LogP contribution in [0, 0.1) is 0 Å². The summed E-state index contributed by atoms with van der Waals surface area (Å²) in [7, 11) is 0. The highest BCUT2D eigenvalue weighted by atomic mass is 16.5. The number of nitrogens with one attached hydrogen (secondary N) is 1. The average Bonchev–Trinajstić information content (AvgIpc) is 2.89. The fourth-order valence-electron chi connectivity index (χ4n) is 1.74. The SMILES string of the molecule is CCOc1ccc(-c2cnc(C(C)CN)[nH]2)cc1. The highest BCUT2D eigenvalue weighted by Crippen LogP contribution is 2.22. The van der Waals surface area contributed by atoms with E-state index < -0.39 is 0 Å². The highest BCUT2D eigenvalue weighted by Gasteiger charge is 2.08. The summed E-state index contributed by atoms with van der Waals surface area (Å²) >= 11 is 0. The number of hydrogen-bond donors (Lipinski definition) is 2. The minimum Gasteiger partial charge on any atom is -0.494 e. The highest BCUT2D eigenvalue weighted by molar-refractivity contribution is 5.59. The van der Waals surface area contributed by atoms with Gasteiger partial charge >= 0.3 is 0 Å². The van der Waals surface area contributed by atoms with Gasteiger partial charge in [-0.15, -0.1) is 0 Å². The number of nitrogens with two attached hydrogens (primary N) is 1. The van der Waals surface area contributed by atoms with E-state index in [1.165, 1.54) is 0 Å². The Kier molecular flexibility index (Phi) is 3.99. The summed E-state index contributed by atoms with van der Waals surface area (Å²) < 4.78 is 5.42. The van der Waals surface area contributed by atoms with Crippen LogP contribution in [0.15, 0.2) is 30.5 Å². The first-order valence-electron chi connectivity index (χ1n) is 6.22. The number of ether oxygens (including phenoxy) is 1. The van der Waals surface area contributed by atoms with Crippen molar-refractivity contribution in [2.45, 2.75) is 19.8 Å². The minimum atomic E-state index is 0.251. The van der Waals surface area contributed by atoms with Gasteiger partial charge in [0.1, 0.15) is 11.6 Å². The molecule has 1 unspecified atom stereocenters. The second kappa shape index (κ2) is 5.69. The quantitative estimate of drug-likeness (QED) is 0.850. The van der Waals surface area contributed by atoms with E-state index in [9.17, 15) is 0 Å². The van der Waals surface area contributed by atoms with Crippen LogP contribution in [0.25, 0.3) is 11.3 Å². The van der Waals surface area contributed by atoms with Crippen LogP contribution in [-0.2, 0) is 0 Å². The van der Waals surface area contributed by atoms with Crippen molar-refractivity contribution in [3.63, 3.8) is 0 Å². The molecule has 1 aromatic carbocycles. The summed E-state index contributed by atoms with van der Waals surface area (Å²) in [5.74, 6) is 2.07. The van der Waals surface area contributed by atoms with E-state index >= 15 is 0 Å². The van der Waals surface area contributed by atoms with Crippen molar-refractivity contribution in [2.24, 2.45) is 5.73 Å². The molecule has 4 nitrogen and oxygen atoms in total. The van der Waals surface area contributed by atoms with Gasteiger partial charge < -0.3 is 15.5 Å². The Morgan fingerprint density at radius 3 is 2.67 bits per heavy atom. The first kappa shape index (κ1) is 12.6. The molecule has 18 heavy (non-hydrogen) atoms. The Hall–Kier alpha value is -1.81. The molecule has 0 aliphatic heterocycles. The third-order valence-electron chi connectivity index (χ3n) is 2.89. The lowest BCUT2D eigenvalue weighted by Gasteiger charge is -2.05. The second-order valence-electron chi connectivity index (χ2n) is 4.28. The minimum absolute atomic E-state index is 0.251. The summed E-state index contributed by atoms with van der Waals surface area (Å²) in [5, 5.41) is 0. The normalized spacial score (nSPS) is 12.4. The molecule has 0 aliphatic rings. The molecule has 1 atom stereocenters. The molecule has 2 rings (SSSR count). The maximum atomic E-state index is 5.63. The third kappa shape index (κ3) is 2.71. The molecule has 0 bridgehead atoms. The third-order valence-corrected chi connectivity index (χ3v) is 2.89.